The van der Waals surface area contributed by atoms with E-state index in [1.165, 1.54) is 12.1 Å². The summed E-state index contributed by atoms with van der Waals surface area (Å²) in [5.74, 6) is 0.189. The number of nitrogens with one attached hydrogen (secondary N) is 1. The molecular weight excluding hydrogens is 427 g/mol. The molecule has 1 heterocycles. The highest BCUT2D eigenvalue weighted by Crippen LogP contribution is 2.19. The Morgan fingerprint density at radius 3 is 2.48 bits per heavy atom. The minimum absolute atomic E-state index is 0.0758. The van der Waals surface area contributed by atoms with Crippen molar-refractivity contribution in [2.45, 2.75) is 32.6 Å². The number of halogens is 1. The lowest BCUT2D eigenvalue weighted by Crippen LogP contribution is -2.41. The molecule has 1 N–H and O–H groups in total. The molecule has 1 saturated heterocycles. The first-order chi connectivity index (χ1) is 15.9. The predicted molar refractivity (Wildman–Crippen MR) is 120 cm³/mol. The van der Waals surface area contributed by atoms with E-state index < -0.39 is 6.16 Å². The Labute approximate surface area is 192 Å². The highest BCUT2D eigenvalue weighted by molar-refractivity contribution is 5.94. The summed E-state index contributed by atoms with van der Waals surface area (Å²) in [4.78, 5) is 38.0. The summed E-state index contributed by atoms with van der Waals surface area (Å²) >= 11 is 0. The van der Waals surface area contributed by atoms with Crippen LogP contribution in [0.25, 0.3) is 0 Å². The van der Waals surface area contributed by atoms with Gasteiger partial charge in [0, 0.05) is 31.6 Å². The number of carbonyl (C=O) groups is 3. The van der Waals surface area contributed by atoms with Crippen molar-refractivity contribution < 1.29 is 28.2 Å². The van der Waals surface area contributed by atoms with Gasteiger partial charge in [-0.3, -0.25) is 9.59 Å². The summed E-state index contributed by atoms with van der Waals surface area (Å²) in [6.45, 7) is 3.75. The molecule has 7 nitrogen and oxygen atoms in total. The van der Waals surface area contributed by atoms with Gasteiger partial charge in [0.1, 0.15) is 11.6 Å². The summed E-state index contributed by atoms with van der Waals surface area (Å²) in [5, 5.41) is 2.93. The number of carbonyl (C=O) groups excluding carboxylic acids is 3. The fraction of sp³-hybridized carbons (Fsp3) is 0.400. The first kappa shape index (κ1) is 24.2. The Balaban J connectivity index is 1.37. The van der Waals surface area contributed by atoms with Crippen molar-refractivity contribution in [2.75, 3.05) is 26.2 Å². The maximum Gasteiger partial charge on any atom is 0.513 e. The molecule has 0 saturated carbocycles. The number of benzene rings is 2. The average molecular weight is 457 g/mol. The number of hydrogen-bond acceptors (Lipinski definition) is 5. The Hall–Kier alpha value is -3.42. The van der Waals surface area contributed by atoms with E-state index in [0.717, 1.165) is 18.4 Å². The number of hydrogen-bond donors (Lipinski definition) is 1. The van der Waals surface area contributed by atoms with E-state index in [1.807, 2.05) is 11.0 Å². The van der Waals surface area contributed by atoms with E-state index in [4.69, 9.17) is 9.47 Å². The summed E-state index contributed by atoms with van der Waals surface area (Å²) < 4.78 is 23.0. The highest BCUT2D eigenvalue weighted by Gasteiger charge is 2.23. The fourth-order valence-corrected chi connectivity index (χ4v) is 3.75. The van der Waals surface area contributed by atoms with Gasteiger partial charge in [0.2, 0.25) is 5.91 Å². The van der Waals surface area contributed by atoms with Crippen molar-refractivity contribution in [2.24, 2.45) is 5.92 Å². The van der Waals surface area contributed by atoms with Gasteiger partial charge in [-0.25, -0.2) is 9.18 Å². The fourth-order valence-electron chi connectivity index (χ4n) is 3.75. The largest absolute Gasteiger partial charge is 0.513 e. The topological polar surface area (TPSA) is 84.9 Å². The molecule has 1 aliphatic rings. The molecule has 1 aliphatic heterocycles. The minimum Gasteiger partial charge on any atom is -0.434 e. The summed E-state index contributed by atoms with van der Waals surface area (Å²) in [6.07, 6.45) is 1.74. The van der Waals surface area contributed by atoms with Crippen LogP contribution in [0.2, 0.25) is 0 Å². The van der Waals surface area contributed by atoms with Crippen LogP contribution < -0.4 is 10.1 Å². The molecule has 0 aromatic heterocycles. The van der Waals surface area contributed by atoms with Gasteiger partial charge in [-0.1, -0.05) is 12.1 Å². The van der Waals surface area contributed by atoms with Crippen LogP contribution in [0, 0.1) is 11.7 Å². The number of amides is 2. The van der Waals surface area contributed by atoms with E-state index >= 15 is 0 Å². The van der Waals surface area contributed by atoms with E-state index in [2.05, 4.69) is 5.32 Å². The van der Waals surface area contributed by atoms with Gasteiger partial charge in [0.15, 0.2) is 0 Å². The first-order valence-corrected chi connectivity index (χ1v) is 11.2. The molecule has 8 heteroatoms. The zero-order valence-electron chi connectivity index (χ0n) is 18.7. The summed E-state index contributed by atoms with van der Waals surface area (Å²) in [7, 11) is 0. The smallest absolute Gasteiger partial charge is 0.434 e. The Morgan fingerprint density at radius 2 is 1.82 bits per heavy atom. The van der Waals surface area contributed by atoms with Crippen LogP contribution in [0.15, 0.2) is 48.5 Å². The van der Waals surface area contributed by atoms with Crippen molar-refractivity contribution in [3.05, 3.63) is 65.5 Å². The van der Waals surface area contributed by atoms with Gasteiger partial charge in [-0.15, -0.1) is 0 Å². The van der Waals surface area contributed by atoms with Crippen LogP contribution in [0.3, 0.4) is 0 Å². The Kier molecular flexibility index (Phi) is 8.80. The molecule has 2 aromatic rings. The molecule has 0 bridgehead atoms. The quantitative estimate of drug-likeness (QED) is 0.480. The first-order valence-electron chi connectivity index (χ1n) is 11.2. The van der Waals surface area contributed by atoms with Crippen LogP contribution >= 0.6 is 0 Å². The van der Waals surface area contributed by atoms with Crippen molar-refractivity contribution in [1.82, 2.24) is 10.2 Å². The lowest BCUT2D eigenvalue weighted by atomic mass is 9.96. The molecular formula is C25H29FN2O5. The molecule has 2 aromatic carbocycles. The molecule has 176 valence electrons. The zero-order valence-corrected chi connectivity index (χ0v) is 18.7. The summed E-state index contributed by atoms with van der Waals surface area (Å²) in [6, 6.07) is 12.6. The second-order valence-corrected chi connectivity index (χ2v) is 7.97. The van der Waals surface area contributed by atoms with Gasteiger partial charge in [-0.2, -0.15) is 0 Å². The molecule has 0 radical (unpaired) electrons. The highest BCUT2D eigenvalue weighted by atomic mass is 19.1. The lowest BCUT2D eigenvalue weighted by molar-refractivity contribution is -0.132. The van der Waals surface area contributed by atoms with Crippen LogP contribution in [0.1, 0.15) is 42.1 Å². The second-order valence-electron chi connectivity index (χ2n) is 7.97. The van der Waals surface area contributed by atoms with Crippen molar-refractivity contribution >= 4 is 18.0 Å². The van der Waals surface area contributed by atoms with Crippen LogP contribution in [0.4, 0.5) is 9.18 Å². The normalized spacial score (nSPS) is 13.9. The molecule has 33 heavy (non-hydrogen) atoms. The number of likely N-dealkylation sites (tertiary alicyclic amines) is 1. The van der Waals surface area contributed by atoms with Crippen LogP contribution in [-0.4, -0.2) is 49.1 Å². The SMILES string of the molecule is CCOC(=O)Oc1ccc(C(=O)NCC2CCN(C(=O)CCc3cccc(F)c3)CC2)cc1. The summed E-state index contributed by atoms with van der Waals surface area (Å²) in [5.41, 5.74) is 1.29. The van der Waals surface area contributed by atoms with E-state index in [1.54, 1.807) is 37.3 Å². The van der Waals surface area contributed by atoms with Gasteiger partial charge in [-0.05, 0) is 74.1 Å². The Bertz CT molecular complexity index is 956. The molecule has 0 atom stereocenters. The van der Waals surface area contributed by atoms with Crippen LogP contribution in [0.5, 0.6) is 5.75 Å². The van der Waals surface area contributed by atoms with Gasteiger partial charge in [0.25, 0.3) is 5.91 Å². The number of nitrogens with zero attached hydrogens (tertiary/aromatic N) is 1. The maximum atomic E-state index is 13.3. The van der Waals surface area contributed by atoms with Gasteiger partial charge < -0.3 is 19.7 Å². The Morgan fingerprint density at radius 1 is 1.09 bits per heavy atom. The molecule has 1 fully saturated rings. The number of ether oxygens (including phenoxy) is 2. The monoisotopic (exact) mass is 456 g/mol. The van der Waals surface area contributed by atoms with Gasteiger partial charge >= 0.3 is 6.16 Å². The number of rotatable bonds is 8. The van der Waals surface area contributed by atoms with E-state index in [-0.39, 0.29) is 24.2 Å². The van der Waals surface area contributed by atoms with E-state index in [0.29, 0.717) is 49.7 Å². The van der Waals surface area contributed by atoms with E-state index in [9.17, 15) is 18.8 Å². The molecule has 0 unspecified atom stereocenters. The second kappa shape index (κ2) is 12.0. The third-order valence-electron chi connectivity index (χ3n) is 5.61. The standard InChI is InChI=1S/C25H29FN2O5/c1-2-32-25(31)33-22-9-7-20(8-10-22)24(30)27-17-19-12-14-28(15-13-19)23(29)11-6-18-4-3-5-21(26)16-18/h3-5,7-10,16,19H,2,6,11-15,17H2,1H3,(H,27,30). The zero-order chi connectivity index (χ0) is 23.6. The molecule has 0 aliphatic carbocycles. The lowest BCUT2D eigenvalue weighted by Gasteiger charge is -2.32. The minimum atomic E-state index is -0.784. The molecule has 0 spiro atoms. The van der Waals surface area contributed by atoms with Crippen molar-refractivity contribution in [1.29, 1.82) is 0 Å². The van der Waals surface area contributed by atoms with Crippen LogP contribution in [-0.2, 0) is 16.0 Å². The molecule has 3 rings (SSSR count). The average Bonchev–Trinajstić information content (AvgIpc) is 2.82. The number of aryl methyl sites for hydroxylation is 1. The third kappa shape index (κ3) is 7.59. The number of piperidine rings is 1. The van der Waals surface area contributed by atoms with Gasteiger partial charge in [0.05, 0.1) is 6.61 Å². The predicted octanol–water partition coefficient (Wildman–Crippen LogP) is 3.96. The maximum absolute atomic E-state index is 13.3. The van der Waals surface area contributed by atoms with Crippen molar-refractivity contribution in [3.8, 4) is 5.75 Å². The molecule has 2 amide bonds. The van der Waals surface area contributed by atoms with Crippen molar-refractivity contribution in [3.63, 3.8) is 0 Å². The third-order valence-corrected chi connectivity index (χ3v) is 5.61.